The van der Waals surface area contributed by atoms with Crippen LogP contribution in [0.25, 0.3) is 0 Å². The van der Waals surface area contributed by atoms with Crippen molar-refractivity contribution >= 4 is 35.4 Å². The molecule has 0 aliphatic carbocycles. The van der Waals surface area contributed by atoms with Gasteiger partial charge in [0, 0.05) is 5.02 Å². The first-order chi connectivity index (χ1) is 12.0. The van der Waals surface area contributed by atoms with Gasteiger partial charge < -0.3 is 9.47 Å². The maximum absolute atomic E-state index is 11.5. The molecule has 0 aliphatic rings. The number of rotatable bonds is 7. The zero-order chi connectivity index (χ0) is 18.2. The summed E-state index contributed by atoms with van der Waals surface area (Å²) in [5.41, 5.74) is 0.917. The molecular formula is C15H17ClN4O4S. The lowest BCUT2D eigenvalue weighted by molar-refractivity contribution is -0.117. The number of imide groups is 1. The van der Waals surface area contributed by atoms with Gasteiger partial charge in [-0.3, -0.25) is 15.2 Å². The predicted octanol–water partition coefficient (Wildman–Crippen LogP) is 2.71. The van der Waals surface area contributed by atoms with Gasteiger partial charge in [-0.05, 0) is 37.6 Å². The van der Waals surface area contributed by atoms with Crippen LogP contribution in [0.15, 0.2) is 23.4 Å². The molecular weight excluding hydrogens is 368 g/mol. The molecule has 1 aromatic carbocycles. The second-order valence-electron chi connectivity index (χ2n) is 4.82. The van der Waals surface area contributed by atoms with Gasteiger partial charge >= 0.3 is 6.09 Å². The van der Waals surface area contributed by atoms with Crippen LogP contribution in [-0.4, -0.2) is 39.5 Å². The number of nitrogens with zero attached hydrogens (tertiary/aromatic N) is 2. The fourth-order valence-electron chi connectivity index (χ4n) is 1.71. The third-order valence-electron chi connectivity index (χ3n) is 2.87. The van der Waals surface area contributed by atoms with Crippen molar-refractivity contribution in [3.05, 3.63) is 34.6 Å². The highest BCUT2D eigenvalue weighted by Crippen LogP contribution is 2.21. The van der Waals surface area contributed by atoms with Crippen LogP contribution in [0.1, 0.15) is 18.3 Å². The van der Waals surface area contributed by atoms with Crippen molar-refractivity contribution in [3.63, 3.8) is 0 Å². The number of thioether (sulfide) groups is 1. The minimum atomic E-state index is -0.768. The average molecular weight is 385 g/mol. The van der Waals surface area contributed by atoms with E-state index in [4.69, 9.17) is 16.3 Å². The van der Waals surface area contributed by atoms with E-state index in [9.17, 15) is 9.59 Å². The van der Waals surface area contributed by atoms with Crippen molar-refractivity contribution in [1.29, 1.82) is 0 Å². The Labute approximate surface area is 153 Å². The summed E-state index contributed by atoms with van der Waals surface area (Å²) in [5, 5.41) is 9.85. The topological polar surface area (TPSA) is 106 Å². The molecule has 0 bridgehead atoms. The van der Waals surface area contributed by atoms with Gasteiger partial charge in [0.25, 0.3) is 0 Å². The number of halogens is 1. The Morgan fingerprint density at radius 1 is 1.40 bits per heavy atom. The molecule has 25 heavy (non-hydrogen) atoms. The molecule has 0 spiro atoms. The SMILES string of the molecule is CCOC(=O)NC(=O)CSc1n[nH]c(COc2ccc(Cl)c(C)c2)n1. The van der Waals surface area contributed by atoms with E-state index in [1.54, 1.807) is 19.1 Å². The van der Waals surface area contributed by atoms with Crippen molar-refractivity contribution in [2.75, 3.05) is 12.4 Å². The summed E-state index contributed by atoms with van der Waals surface area (Å²) in [6, 6.07) is 5.35. The van der Waals surface area contributed by atoms with Crippen molar-refractivity contribution in [2.45, 2.75) is 25.6 Å². The van der Waals surface area contributed by atoms with Gasteiger partial charge in [0.15, 0.2) is 5.82 Å². The minimum absolute atomic E-state index is 0.00660. The van der Waals surface area contributed by atoms with E-state index in [0.29, 0.717) is 21.8 Å². The molecule has 10 heteroatoms. The minimum Gasteiger partial charge on any atom is -0.486 e. The lowest BCUT2D eigenvalue weighted by Crippen LogP contribution is -2.32. The summed E-state index contributed by atoms with van der Waals surface area (Å²) in [7, 11) is 0. The Bertz CT molecular complexity index is 753. The molecule has 2 amide bonds. The Morgan fingerprint density at radius 2 is 2.20 bits per heavy atom. The van der Waals surface area contributed by atoms with Gasteiger partial charge in [0.1, 0.15) is 12.4 Å². The number of carbonyl (C=O) groups excluding carboxylic acids is 2. The molecule has 2 rings (SSSR count). The largest absolute Gasteiger partial charge is 0.486 e. The number of benzene rings is 1. The van der Waals surface area contributed by atoms with E-state index in [0.717, 1.165) is 17.3 Å². The highest BCUT2D eigenvalue weighted by molar-refractivity contribution is 7.99. The number of carbonyl (C=O) groups is 2. The summed E-state index contributed by atoms with van der Waals surface area (Å²) in [4.78, 5) is 26.9. The number of alkyl carbamates (subject to hydrolysis) is 1. The number of H-pyrrole nitrogens is 1. The molecule has 0 saturated carbocycles. The number of hydrogen-bond acceptors (Lipinski definition) is 7. The highest BCUT2D eigenvalue weighted by Gasteiger charge is 2.11. The summed E-state index contributed by atoms with van der Waals surface area (Å²) in [6.07, 6.45) is -0.768. The molecule has 1 aromatic heterocycles. The third-order valence-corrected chi connectivity index (χ3v) is 4.14. The number of ether oxygens (including phenoxy) is 2. The molecule has 0 saturated heterocycles. The Balaban J connectivity index is 1.78. The van der Waals surface area contributed by atoms with Gasteiger partial charge in [-0.15, -0.1) is 5.10 Å². The molecule has 1 heterocycles. The van der Waals surface area contributed by atoms with Crippen molar-refractivity contribution < 1.29 is 19.1 Å². The standard InChI is InChI=1S/C15H17ClN4O4S/c1-3-23-15(22)18-13(21)8-25-14-17-12(19-20-14)7-24-10-4-5-11(16)9(2)6-10/h4-6H,3,7-8H2,1-2H3,(H,17,19,20)(H,18,21,22). The van der Waals surface area contributed by atoms with E-state index in [-0.39, 0.29) is 19.0 Å². The lowest BCUT2D eigenvalue weighted by Gasteiger charge is -2.05. The first-order valence-corrected chi connectivity index (χ1v) is 8.74. The second kappa shape index (κ2) is 9.28. The number of aromatic nitrogens is 3. The second-order valence-corrected chi connectivity index (χ2v) is 6.17. The van der Waals surface area contributed by atoms with E-state index < -0.39 is 12.0 Å². The Morgan fingerprint density at radius 3 is 2.92 bits per heavy atom. The van der Waals surface area contributed by atoms with Gasteiger partial charge in [0.2, 0.25) is 11.1 Å². The number of aryl methyl sites for hydroxylation is 1. The normalized spacial score (nSPS) is 10.4. The van der Waals surface area contributed by atoms with Gasteiger partial charge in [0.05, 0.1) is 12.4 Å². The molecule has 8 nitrogen and oxygen atoms in total. The first-order valence-electron chi connectivity index (χ1n) is 7.37. The number of aromatic amines is 1. The predicted molar refractivity (Wildman–Crippen MR) is 92.8 cm³/mol. The van der Waals surface area contributed by atoms with Crippen LogP contribution in [-0.2, 0) is 16.1 Å². The van der Waals surface area contributed by atoms with Crippen LogP contribution >= 0.6 is 23.4 Å². The van der Waals surface area contributed by atoms with Crippen LogP contribution in [0.2, 0.25) is 5.02 Å². The van der Waals surface area contributed by atoms with E-state index >= 15 is 0 Å². The zero-order valence-electron chi connectivity index (χ0n) is 13.7. The van der Waals surface area contributed by atoms with Crippen LogP contribution in [0.5, 0.6) is 5.75 Å². The Hall–Kier alpha value is -2.26. The van der Waals surface area contributed by atoms with Crippen LogP contribution < -0.4 is 10.1 Å². The maximum atomic E-state index is 11.5. The molecule has 0 atom stereocenters. The third kappa shape index (κ3) is 6.28. The monoisotopic (exact) mass is 384 g/mol. The molecule has 0 unspecified atom stereocenters. The lowest BCUT2D eigenvalue weighted by atomic mass is 10.2. The molecule has 0 aliphatic heterocycles. The fourth-order valence-corrected chi connectivity index (χ4v) is 2.45. The van der Waals surface area contributed by atoms with E-state index in [2.05, 4.69) is 25.2 Å². The summed E-state index contributed by atoms with van der Waals surface area (Å²) < 4.78 is 10.2. The summed E-state index contributed by atoms with van der Waals surface area (Å²) >= 11 is 7.05. The van der Waals surface area contributed by atoms with Crippen molar-refractivity contribution in [3.8, 4) is 5.75 Å². The van der Waals surface area contributed by atoms with Gasteiger partial charge in [-0.25, -0.2) is 9.78 Å². The summed E-state index contributed by atoms with van der Waals surface area (Å²) in [5.74, 6) is 0.692. The number of hydrogen-bond donors (Lipinski definition) is 2. The van der Waals surface area contributed by atoms with Crippen molar-refractivity contribution in [1.82, 2.24) is 20.5 Å². The molecule has 0 radical (unpaired) electrons. The number of nitrogens with one attached hydrogen (secondary N) is 2. The highest BCUT2D eigenvalue weighted by atomic mass is 35.5. The molecule has 2 aromatic rings. The number of amides is 2. The molecule has 2 N–H and O–H groups in total. The van der Waals surface area contributed by atoms with Crippen molar-refractivity contribution in [2.24, 2.45) is 0 Å². The Kier molecular flexibility index (Phi) is 7.08. The van der Waals surface area contributed by atoms with Crippen LogP contribution in [0.4, 0.5) is 4.79 Å². The van der Waals surface area contributed by atoms with Crippen LogP contribution in [0.3, 0.4) is 0 Å². The van der Waals surface area contributed by atoms with E-state index in [1.807, 2.05) is 13.0 Å². The summed E-state index contributed by atoms with van der Waals surface area (Å²) in [6.45, 7) is 3.94. The smallest absolute Gasteiger partial charge is 0.413 e. The van der Waals surface area contributed by atoms with E-state index in [1.165, 1.54) is 0 Å². The van der Waals surface area contributed by atoms with Gasteiger partial charge in [-0.2, -0.15) is 0 Å². The molecule has 134 valence electrons. The fraction of sp³-hybridized carbons (Fsp3) is 0.333. The molecule has 0 fully saturated rings. The maximum Gasteiger partial charge on any atom is 0.413 e. The average Bonchev–Trinajstić information content (AvgIpc) is 3.02. The zero-order valence-corrected chi connectivity index (χ0v) is 15.2. The quantitative estimate of drug-likeness (QED) is 0.707. The van der Waals surface area contributed by atoms with Crippen LogP contribution in [0, 0.1) is 6.92 Å². The first kappa shape index (κ1) is 19.1. The van der Waals surface area contributed by atoms with Gasteiger partial charge in [-0.1, -0.05) is 23.4 Å².